The van der Waals surface area contributed by atoms with Crippen LogP contribution in [0.3, 0.4) is 0 Å². The van der Waals surface area contributed by atoms with E-state index in [-0.39, 0.29) is 0 Å². The Morgan fingerprint density at radius 3 is 2.55 bits per heavy atom. The van der Waals surface area contributed by atoms with Gasteiger partial charge in [0.15, 0.2) is 0 Å². The molecule has 0 radical (unpaired) electrons. The largest absolute Gasteiger partial charge is 0.493 e. The van der Waals surface area contributed by atoms with Crippen LogP contribution in [-0.4, -0.2) is 35.4 Å². The zero-order valence-corrected chi connectivity index (χ0v) is 21.2. The minimum Gasteiger partial charge on any atom is -0.493 e. The lowest BCUT2D eigenvalue weighted by atomic mass is 9.84. The zero-order chi connectivity index (χ0) is 24.2. The van der Waals surface area contributed by atoms with Crippen molar-refractivity contribution in [3.05, 3.63) is 57.6 Å². The molecule has 0 amide bonds. The van der Waals surface area contributed by atoms with Crippen molar-refractivity contribution in [2.24, 2.45) is 0 Å². The van der Waals surface area contributed by atoms with Crippen LogP contribution in [-0.2, 0) is 14.9 Å². The Morgan fingerprint density at radius 2 is 1.94 bits per heavy atom. The van der Waals surface area contributed by atoms with Crippen LogP contribution in [0.2, 0.25) is 5.02 Å². The lowest BCUT2D eigenvalue weighted by Crippen LogP contribution is -2.28. The fraction of sp³-hybridized carbons (Fsp3) is 0.462. The van der Waals surface area contributed by atoms with Crippen LogP contribution in [0.15, 0.2) is 30.3 Å². The number of hydrogen-bond donors (Lipinski definition) is 2. The van der Waals surface area contributed by atoms with Crippen LogP contribution in [0.1, 0.15) is 61.8 Å². The summed E-state index contributed by atoms with van der Waals surface area (Å²) in [5, 5.41) is 13.2. The third-order valence-electron chi connectivity index (χ3n) is 6.19. The molecule has 1 aliphatic heterocycles. The van der Waals surface area contributed by atoms with Crippen molar-refractivity contribution >= 4 is 40.5 Å². The summed E-state index contributed by atoms with van der Waals surface area (Å²) in [5.74, 6) is -0.0914. The minimum atomic E-state index is -1.05. The van der Waals surface area contributed by atoms with Gasteiger partial charge in [0.25, 0.3) is 0 Å². The molecule has 1 atom stereocenters. The van der Waals surface area contributed by atoms with Gasteiger partial charge in [0.2, 0.25) is 0 Å². The second kappa shape index (κ2) is 10.9. The number of thiocarbonyl (C=S) groups is 1. The number of nitrogens with one attached hydrogen (secondary N) is 1. The Balaban J connectivity index is 1.72. The van der Waals surface area contributed by atoms with Gasteiger partial charge in [-0.15, -0.1) is 0 Å². The Kier molecular flexibility index (Phi) is 8.38. The summed E-state index contributed by atoms with van der Waals surface area (Å²) in [7, 11) is 0. The van der Waals surface area contributed by atoms with Gasteiger partial charge < -0.3 is 19.9 Å². The molecular formula is C26H32ClNO4S. The monoisotopic (exact) mass is 489 g/mol. The highest BCUT2D eigenvalue weighted by Gasteiger charge is 2.30. The van der Waals surface area contributed by atoms with Gasteiger partial charge in [-0.3, -0.25) is 4.79 Å². The number of rotatable bonds is 8. The predicted octanol–water partition coefficient (Wildman–Crippen LogP) is 6.44. The maximum absolute atomic E-state index is 11.6. The molecule has 0 aliphatic carbocycles. The van der Waals surface area contributed by atoms with Gasteiger partial charge in [-0.1, -0.05) is 29.9 Å². The summed E-state index contributed by atoms with van der Waals surface area (Å²) in [5.41, 5.74) is 3.08. The third kappa shape index (κ3) is 6.25. The fourth-order valence-electron chi connectivity index (χ4n) is 4.03. The summed E-state index contributed by atoms with van der Waals surface area (Å²) in [6.07, 6.45) is 4.67. The normalized spacial score (nSPS) is 16.3. The van der Waals surface area contributed by atoms with E-state index in [9.17, 15) is 9.90 Å². The number of benzene rings is 2. The molecule has 0 aromatic heterocycles. The number of carboxylic acid groups (broad SMARTS) is 1. The topological polar surface area (TPSA) is 67.8 Å². The lowest BCUT2D eigenvalue weighted by molar-refractivity contribution is -0.142. The molecule has 1 heterocycles. The van der Waals surface area contributed by atoms with E-state index in [0.717, 1.165) is 48.3 Å². The number of hydrogen-bond acceptors (Lipinski definition) is 4. The number of aliphatic carboxylic acids is 1. The van der Waals surface area contributed by atoms with E-state index in [1.807, 2.05) is 26.0 Å². The van der Waals surface area contributed by atoms with Gasteiger partial charge in [-0.2, -0.15) is 0 Å². The summed E-state index contributed by atoms with van der Waals surface area (Å²) in [6.45, 7) is 8.79. The Morgan fingerprint density at radius 1 is 1.24 bits per heavy atom. The van der Waals surface area contributed by atoms with Crippen molar-refractivity contribution in [1.82, 2.24) is 0 Å². The van der Waals surface area contributed by atoms with Gasteiger partial charge in [0.05, 0.1) is 28.8 Å². The molecule has 1 fully saturated rings. The molecule has 178 valence electrons. The molecule has 2 N–H and O–H groups in total. The molecule has 0 spiro atoms. The molecule has 1 aliphatic rings. The first-order valence-corrected chi connectivity index (χ1v) is 12.1. The highest BCUT2D eigenvalue weighted by atomic mass is 35.5. The molecule has 1 saturated heterocycles. The van der Waals surface area contributed by atoms with Crippen molar-refractivity contribution in [2.75, 3.05) is 18.5 Å². The van der Waals surface area contributed by atoms with Crippen molar-refractivity contribution < 1.29 is 19.4 Å². The van der Waals surface area contributed by atoms with Crippen LogP contribution in [0.25, 0.3) is 0 Å². The smallest absolute Gasteiger partial charge is 0.313 e. The second-order valence-corrected chi connectivity index (χ2v) is 9.95. The molecule has 5 nitrogen and oxygen atoms in total. The van der Waals surface area contributed by atoms with Crippen LogP contribution < -0.4 is 10.1 Å². The fourth-order valence-corrected chi connectivity index (χ4v) is 4.62. The van der Waals surface area contributed by atoms with Crippen molar-refractivity contribution in [1.29, 1.82) is 0 Å². The number of carboxylic acids is 1. The first-order valence-electron chi connectivity index (χ1n) is 11.3. The molecule has 3 rings (SSSR count). The standard InChI is InChI=1S/C26H32ClNO4S/c1-16-13-20(32-12-10-19-7-5-6-11-31-19)14-17(2)23(16)24(33)28-22-15-18(8-9-21(22)27)26(3,4)25(29)30/h8-9,13-15,19H,5-7,10-12H2,1-4H3,(H,28,33)(H,29,30)/t19-/m1/s1. The first-order chi connectivity index (χ1) is 15.6. The summed E-state index contributed by atoms with van der Waals surface area (Å²) < 4.78 is 11.8. The van der Waals surface area contributed by atoms with Crippen LogP contribution in [0.5, 0.6) is 5.75 Å². The average molecular weight is 490 g/mol. The molecule has 0 saturated carbocycles. The maximum Gasteiger partial charge on any atom is 0.313 e. The van der Waals surface area contributed by atoms with E-state index < -0.39 is 11.4 Å². The van der Waals surface area contributed by atoms with Gasteiger partial charge in [-0.05, 0) is 87.9 Å². The van der Waals surface area contributed by atoms with E-state index in [1.54, 1.807) is 32.0 Å². The SMILES string of the molecule is Cc1cc(OCC[C@H]2CCCCO2)cc(C)c1C(=S)Nc1cc(C(C)(C)C(=O)O)ccc1Cl. The van der Waals surface area contributed by atoms with Gasteiger partial charge >= 0.3 is 5.97 Å². The lowest BCUT2D eigenvalue weighted by Gasteiger charge is -2.23. The first kappa shape index (κ1) is 25.5. The van der Waals surface area contributed by atoms with Crippen molar-refractivity contribution in [3.63, 3.8) is 0 Å². The van der Waals surface area contributed by atoms with Gasteiger partial charge in [0.1, 0.15) is 10.7 Å². The molecule has 33 heavy (non-hydrogen) atoms. The predicted molar refractivity (Wildman–Crippen MR) is 137 cm³/mol. The summed E-state index contributed by atoms with van der Waals surface area (Å²) >= 11 is 12.1. The molecule has 2 aromatic carbocycles. The molecule has 0 unspecified atom stereocenters. The van der Waals surface area contributed by atoms with E-state index in [1.165, 1.54) is 6.42 Å². The van der Waals surface area contributed by atoms with Crippen LogP contribution >= 0.6 is 23.8 Å². The highest BCUT2D eigenvalue weighted by molar-refractivity contribution is 7.81. The van der Waals surface area contributed by atoms with Gasteiger partial charge in [0, 0.05) is 18.6 Å². The molecular weight excluding hydrogens is 458 g/mol. The Hall–Kier alpha value is -2.15. The average Bonchev–Trinajstić information content (AvgIpc) is 2.75. The number of aryl methyl sites for hydroxylation is 2. The molecule has 2 aromatic rings. The summed E-state index contributed by atoms with van der Waals surface area (Å²) in [6, 6.07) is 9.15. The van der Waals surface area contributed by atoms with Crippen molar-refractivity contribution in [2.45, 2.75) is 64.9 Å². The zero-order valence-electron chi connectivity index (χ0n) is 19.7. The van der Waals surface area contributed by atoms with E-state index in [2.05, 4.69) is 5.32 Å². The number of carbonyl (C=O) groups is 1. The van der Waals surface area contributed by atoms with E-state index in [0.29, 0.717) is 34.0 Å². The minimum absolute atomic E-state index is 0.295. The van der Waals surface area contributed by atoms with Crippen molar-refractivity contribution in [3.8, 4) is 5.75 Å². The highest BCUT2D eigenvalue weighted by Crippen LogP contribution is 2.32. The summed E-state index contributed by atoms with van der Waals surface area (Å²) in [4.78, 5) is 12.2. The third-order valence-corrected chi connectivity index (χ3v) is 6.82. The van der Waals surface area contributed by atoms with Gasteiger partial charge in [-0.25, -0.2) is 0 Å². The van der Waals surface area contributed by atoms with E-state index in [4.69, 9.17) is 33.3 Å². The van der Waals surface area contributed by atoms with E-state index >= 15 is 0 Å². The number of ether oxygens (including phenoxy) is 2. The Bertz CT molecular complexity index is 1010. The van der Waals surface area contributed by atoms with Crippen LogP contribution in [0.4, 0.5) is 5.69 Å². The second-order valence-electron chi connectivity index (χ2n) is 9.14. The number of halogens is 1. The Labute approximate surface area is 206 Å². The molecule has 0 bridgehead atoms. The maximum atomic E-state index is 11.6. The molecule has 7 heteroatoms. The number of anilines is 1. The van der Waals surface area contributed by atoms with Crippen LogP contribution in [0, 0.1) is 13.8 Å². The quantitative estimate of drug-likeness (QED) is 0.415.